The van der Waals surface area contributed by atoms with E-state index in [1.165, 1.54) is 37.0 Å². The lowest BCUT2D eigenvalue weighted by Crippen LogP contribution is -2.24. The first-order chi connectivity index (χ1) is 8.25. The number of nitrogens with zero attached hydrogens (tertiary/aromatic N) is 1. The predicted octanol–water partition coefficient (Wildman–Crippen LogP) is 3.31. The Morgan fingerprint density at radius 2 is 2.24 bits per heavy atom. The van der Waals surface area contributed by atoms with E-state index in [0.29, 0.717) is 10.7 Å². The Kier molecular flexibility index (Phi) is 2.88. The van der Waals surface area contributed by atoms with Gasteiger partial charge in [0.15, 0.2) is 4.77 Å². The molecule has 0 unspecified atom stereocenters. The lowest BCUT2D eigenvalue weighted by atomic mass is 10.1. The van der Waals surface area contributed by atoms with Crippen LogP contribution in [-0.4, -0.2) is 9.55 Å². The van der Waals surface area contributed by atoms with Crippen molar-refractivity contribution in [3.8, 4) is 0 Å². The molecule has 1 fully saturated rings. The van der Waals surface area contributed by atoms with Gasteiger partial charge in [-0.15, -0.1) is 11.3 Å². The van der Waals surface area contributed by atoms with Gasteiger partial charge in [0.2, 0.25) is 0 Å². The van der Waals surface area contributed by atoms with Gasteiger partial charge in [-0.2, -0.15) is 0 Å². The zero-order valence-corrected chi connectivity index (χ0v) is 11.1. The maximum absolute atomic E-state index is 12.3. The Bertz CT molecular complexity index is 646. The lowest BCUT2D eigenvalue weighted by molar-refractivity contribution is 0.444. The van der Waals surface area contributed by atoms with Crippen LogP contribution in [0, 0.1) is 10.7 Å². The molecule has 0 spiro atoms. The Labute approximate surface area is 108 Å². The van der Waals surface area contributed by atoms with Gasteiger partial charge in [0.05, 0.1) is 5.39 Å². The molecule has 1 aliphatic rings. The van der Waals surface area contributed by atoms with Gasteiger partial charge in [-0.05, 0) is 42.4 Å². The second kappa shape index (κ2) is 4.38. The van der Waals surface area contributed by atoms with E-state index in [0.717, 1.165) is 16.8 Å². The van der Waals surface area contributed by atoms with Crippen molar-refractivity contribution < 1.29 is 0 Å². The standard InChI is InChI=1S/C12H14N2OS2/c15-11-9-5-6-17-10(9)13-12(16)14(11)7-8-3-1-2-4-8/h5-6,8H,1-4,7H2,(H,13,16). The van der Waals surface area contributed by atoms with Gasteiger partial charge >= 0.3 is 0 Å². The summed E-state index contributed by atoms with van der Waals surface area (Å²) in [5.41, 5.74) is 0.0666. The van der Waals surface area contributed by atoms with Gasteiger partial charge in [0.1, 0.15) is 4.83 Å². The molecule has 2 aromatic heterocycles. The predicted molar refractivity (Wildman–Crippen MR) is 73.2 cm³/mol. The van der Waals surface area contributed by atoms with Crippen molar-refractivity contribution in [1.82, 2.24) is 9.55 Å². The molecule has 2 heterocycles. The van der Waals surface area contributed by atoms with Crippen LogP contribution in [0.2, 0.25) is 0 Å². The quantitative estimate of drug-likeness (QED) is 0.847. The third kappa shape index (κ3) is 1.98. The lowest BCUT2D eigenvalue weighted by Gasteiger charge is -2.11. The minimum Gasteiger partial charge on any atom is -0.323 e. The largest absolute Gasteiger partial charge is 0.323 e. The second-order valence-electron chi connectivity index (χ2n) is 4.66. The number of aromatic amines is 1. The van der Waals surface area contributed by atoms with Gasteiger partial charge < -0.3 is 4.98 Å². The Morgan fingerprint density at radius 1 is 1.47 bits per heavy atom. The summed E-state index contributed by atoms with van der Waals surface area (Å²) in [4.78, 5) is 16.3. The van der Waals surface area contributed by atoms with Crippen molar-refractivity contribution in [2.45, 2.75) is 32.2 Å². The number of rotatable bonds is 2. The van der Waals surface area contributed by atoms with Gasteiger partial charge in [0, 0.05) is 6.54 Å². The van der Waals surface area contributed by atoms with Gasteiger partial charge in [-0.25, -0.2) is 0 Å². The average Bonchev–Trinajstić information content (AvgIpc) is 2.94. The van der Waals surface area contributed by atoms with Crippen LogP contribution in [0.15, 0.2) is 16.2 Å². The molecule has 0 aliphatic heterocycles. The molecule has 90 valence electrons. The fraction of sp³-hybridized carbons (Fsp3) is 0.500. The highest BCUT2D eigenvalue weighted by Crippen LogP contribution is 2.26. The van der Waals surface area contributed by atoms with Crippen LogP contribution in [0.4, 0.5) is 0 Å². The van der Waals surface area contributed by atoms with E-state index in [1.807, 2.05) is 11.4 Å². The number of hydrogen-bond donors (Lipinski definition) is 1. The van der Waals surface area contributed by atoms with E-state index in [1.54, 1.807) is 4.57 Å². The van der Waals surface area contributed by atoms with E-state index >= 15 is 0 Å². The first kappa shape index (κ1) is 11.2. The fourth-order valence-corrected chi connectivity index (χ4v) is 3.70. The average molecular weight is 266 g/mol. The third-order valence-electron chi connectivity index (χ3n) is 3.52. The molecule has 0 atom stereocenters. The summed E-state index contributed by atoms with van der Waals surface area (Å²) in [5, 5.41) is 2.69. The first-order valence-corrected chi connectivity index (χ1v) is 7.25. The molecular weight excluding hydrogens is 252 g/mol. The van der Waals surface area contributed by atoms with Gasteiger partial charge in [0.25, 0.3) is 5.56 Å². The molecular formula is C12H14N2OS2. The van der Waals surface area contributed by atoms with Crippen molar-refractivity contribution in [3.63, 3.8) is 0 Å². The minimum atomic E-state index is 0.0666. The van der Waals surface area contributed by atoms with E-state index in [-0.39, 0.29) is 5.56 Å². The highest BCUT2D eigenvalue weighted by molar-refractivity contribution is 7.71. The van der Waals surface area contributed by atoms with Crippen LogP contribution in [0.5, 0.6) is 0 Å². The molecule has 0 amide bonds. The smallest absolute Gasteiger partial charge is 0.263 e. The number of aromatic nitrogens is 2. The molecule has 0 radical (unpaired) electrons. The molecule has 5 heteroatoms. The molecule has 0 saturated heterocycles. The highest BCUT2D eigenvalue weighted by atomic mass is 32.1. The molecule has 0 aromatic carbocycles. The molecule has 3 rings (SSSR count). The number of nitrogens with one attached hydrogen (secondary N) is 1. The summed E-state index contributed by atoms with van der Waals surface area (Å²) in [6.07, 6.45) is 5.03. The molecule has 1 N–H and O–H groups in total. The summed E-state index contributed by atoms with van der Waals surface area (Å²) in [5.74, 6) is 0.624. The zero-order valence-electron chi connectivity index (χ0n) is 9.44. The normalized spacial score (nSPS) is 16.9. The number of hydrogen-bond acceptors (Lipinski definition) is 3. The van der Waals surface area contributed by atoms with Crippen LogP contribution in [0.25, 0.3) is 10.2 Å². The van der Waals surface area contributed by atoms with Crippen molar-refractivity contribution in [3.05, 3.63) is 26.6 Å². The molecule has 3 nitrogen and oxygen atoms in total. The Hall–Kier alpha value is -0.940. The Morgan fingerprint density at radius 3 is 3.00 bits per heavy atom. The summed E-state index contributed by atoms with van der Waals surface area (Å²) in [6.45, 7) is 0.778. The summed E-state index contributed by atoms with van der Waals surface area (Å²) in [7, 11) is 0. The molecule has 1 aliphatic carbocycles. The third-order valence-corrected chi connectivity index (χ3v) is 4.67. The minimum absolute atomic E-state index is 0.0666. The van der Waals surface area contributed by atoms with Crippen LogP contribution >= 0.6 is 23.6 Å². The van der Waals surface area contributed by atoms with Crippen molar-refractivity contribution in [2.24, 2.45) is 5.92 Å². The van der Waals surface area contributed by atoms with E-state index in [4.69, 9.17) is 12.2 Å². The van der Waals surface area contributed by atoms with Crippen molar-refractivity contribution in [1.29, 1.82) is 0 Å². The SMILES string of the molecule is O=c1c2ccsc2[nH]c(=S)n1CC1CCCC1. The maximum atomic E-state index is 12.3. The van der Waals surface area contributed by atoms with Crippen LogP contribution in [0.3, 0.4) is 0 Å². The van der Waals surface area contributed by atoms with E-state index < -0.39 is 0 Å². The molecule has 1 saturated carbocycles. The number of fused-ring (bicyclic) bond motifs is 1. The molecule has 2 aromatic rings. The maximum Gasteiger partial charge on any atom is 0.263 e. The van der Waals surface area contributed by atoms with Gasteiger partial charge in [-0.1, -0.05) is 12.8 Å². The van der Waals surface area contributed by atoms with Crippen molar-refractivity contribution in [2.75, 3.05) is 0 Å². The monoisotopic (exact) mass is 266 g/mol. The van der Waals surface area contributed by atoms with Crippen molar-refractivity contribution >= 4 is 33.8 Å². The highest BCUT2D eigenvalue weighted by Gasteiger charge is 2.17. The summed E-state index contributed by atoms with van der Waals surface area (Å²) < 4.78 is 2.30. The first-order valence-electron chi connectivity index (χ1n) is 5.96. The van der Waals surface area contributed by atoms with Crippen LogP contribution < -0.4 is 5.56 Å². The summed E-state index contributed by atoms with van der Waals surface area (Å²) in [6, 6.07) is 1.87. The topological polar surface area (TPSA) is 37.8 Å². The summed E-state index contributed by atoms with van der Waals surface area (Å²) >= 11 is 6.81. The fourth-order valence-electron chi connectivity index (χ4n) is 2.59. The van der Waals surface area contributed by atoms with Crippen LogP contribution in [-0.2, 0) is 6.54 Å². The zero-order chi connectivity index (χ0) is 11.8. The molecule has 0 bridgehead atoms. The van der Waals surface area contributed by atoms with Crippen LogP contribution in [0.1, 0.15) is 25.7 Å². The Balaban J connectivity index is 2.08. The van der Waals surface area contributed by atoms with E-state index in [2.05, 4.69) is 4.98 Å². The molecule has 17 heavy (non-hydrogen) atoms. The number of thiophene rings is 1. The number of H-pyrrole nitrogens is 1. The van der Waals surface area contributed by atoms with Gasteiger partial charge in [-0.3, -0.25) is 9.36 Å². The van der Waals surface area contributed by atoms with E-state index in [9.17, 15) is 4.79 Å². The second-order valence-corrected chi connectivity index (χ2v) is 5.96.